The zero-order chi connectivity index (χ0) is 23.1. The number of anilines is 1. The first-order valence-electron chi connectivity index (χ1n) is 9.80. The summed E-state index contributed by atoms with van der Waals surface area (Å²) in [6, 6.07) is 18.3. The maximum absolute atomic E-state index is 13.9. The number of rotatable bonds is 7. The van der Waals surface area contributed by atoms with Gasteiger partial charge in [-0.25, -0.2) is 4.39 Å². The van der Waals surface area contributed by atoms with Gasteiger partial charge in [0.25, 0.3) is 11.8 Å². The second kappa shape index (κ2) is 10.5. The fourth-order valence-electron chi connectivity index (χ4n) is 3.04. The van der Waals surface area contributed by atoms with Crippen LogP contribution in [0, 0.1) is 5.82 Å². The van der Waals surface area contributed by atoms with Gasteiger partial charge in [0, 0.05) is 29.7 Å². The van der Waals surface area contributed by atoms with Crippen LogP contribution in [0.1, 0.15) is 26.3 Å². The molecule has 32 heavy (non-hydrogen) atoms. The topological polar surface area (TPSA) is 87.3 Å². The van der Waals surface area contributed by atoms with Crippen LogP contribution in [-0.4, -0.2) is 30.8 Å². The van der Waals surface area contributed by atoms with Gasteiger partial charge in [0.15, 0.2) is 0 Å². The smallest absolute Gasteiger partial charge is 0.254 e. The molecule has 0 aromatic heterocycles. The molecule has 8 heteroatoms. The number of amides is 3. The molecule has 0 aliphatic carbocycles. The van der Waals surface area contributed by atoms with Gasteiger partial charge in [-0.1, -0.05) is 41.9 Å². The zero-order valence-corrected chi connectivity index (χ0v) is 17.9. The highest BCUT2D eigenvalue weighted by Crippen LogP contribution is 2.16. The summed E-state index contributed by atoms with van der Waals surface area (Å²) in [5, 5.41) is 8.22. The van der Waals surface area contributed by atoms with Gasteiger partial charge >= 0.3 is 0 Å². The van der Waals surface area contributed by atoms with Crippen molar-refractivity contribution < 1.29 is 18.8 Å². The number of halogens is 2. The zero-order valence-electron chi connectivity index (χ0n) is 17.2. The molecule has 3 aromatic rings. The van der Waals surface area contributed by atoms with E-state index in [0.29, 0.717) is 10.6 Å². The molecule has 0 aliphatic rings. The monoisotopic (exact) mass is 453 g/mol. The minimum atomic E-state index is -0.922. The molecule has 0 spiro atoms. The Bertz CT molecular complexity index is 1120. The summed E-state index contributed by atoms with van der Waals surface area (Å²) < 4.78 is 13.9. The van der Waals surface area contributed by atoms with E-state index in [1.54, 1.807) is 24.3 Å². The molecule has 6 nitrogen and oxygen atoms in total. The first kappa shape index (κ1) is 23.0. The average molecular weight is 454 g/mol. The van der Waals surface area contributed by atoms with Gasteiger partial charge in [-0.05, 0) is 48.0 Å². The number of hydrogen-bond acceptors (Lipinski definition) is 3. The summed E-state index contributed by atoms with van der Waals surface area (Å²) in [6.07, 6.45) is 0.232. The van der Waals surface area contributed by atoms with Crippen LogP contribution >= 0.6 is 11.6 Å². The summed E-state index contributed by atoms with van der Waals surface area (Å²) in [5.74, 6) is -2.27. The summed E-state index contributed by atoms with van der Waals surface area (Å²) in [6.45, 7) is 0. The van der Waals surface area contributed by atoms with E-state index in [0.717, 1.165) is 11.6 Å². The number of hydrogen-bond donors (Lipinski definition) is 3. The van der Waals surface area contributed by atoms with Gasteiger partial charge in [0.05, 0.1) is 5.56 Å². The van der Waals surface area contributed by atoms with E-state index < -0.39 is 29.6 Å². The molecule has 0 saturated carbocycles. The highest BCUT2D eigenvalue weighted by Gasteiger charge is 2.23. The Kier molecular flexibility index (Phi) is 7.57. The molecular weight excluding hydrogens is 433 g/mol. The van der Waals surface area contributed by atoms with Crippen LogP contribution in [0.25, 0.3) is 0 Å². The van der Waals surface area contributed by atoms with Gasteiger partial charge < -0.3 is 16.0 Å². The van der Waals surface area contributed by atoms with Gasteiger partial charge in [-0.3, -0.25) is 14.4 Å². The molecule has 0 bridgehead atoms. The molecule has 1 atom stereocenters. The SMILES string of the molecule is CNC(=O)c1cc(NC(=O)C(Cc2ccccc2)NC(=O)c2ccc(Cl)cc2)ccc1F. The molecule has 3 aromatic carbocycles. The highest BCUT2D eigenvalue weighted by atomic mass is 35.5. The molecular formula is C24H21ClFN3O3. The quantitative estimate of drug-likeness (QED) is 0.508. The van der Waals surface area contributed by atoms with E-state index in [9.17, 15) is 18.8 Å². The summed E-state index contributed by atoms with van der Waals surface area (Å²) in [7, 11) is 1.38. The minimum absolute atomic E-state index is 0.199. The normalized spacial score (nSPS) is 11.3. The van der Waals surface area contributed by atoms with E-state index in [1.165, 1.54) is 19.2 Å². The lowest BCUT2D eigenvalue weighted by atomic mass is 10.0. The van der Waals surface area contributed by atoms with Crippen molar-refractivity contribution in [1.29, 1.82) is 0 Å². The highest BCUT2D eigenvalue weighted by molar-refractivity contribution is 6.30. The van der Waals surface area contributed by atoms with Gasteiger partial charge in [0.2, 0.25) is 5.91 Å². The van der Waals surface area contributed by atoms with Crippen molar-refractivity contribution in [3.63, 3.8) is 0 Å². The van der Waals surface area contributed by atoms with Crippen molar-refractivity contribution in [3.05, 3.63) is 100 Å². The maximum atomic E-state index is 13.9. The lowest BCUT2D eigenvalue weighted by Gasteiger charge is -2.19. The summed E-state index contributed by atoms with van der Waals surface area (Å²) in [4.78, 5) is 37.6. The molecule has 3 rings (SSSR count). The Balaban J connectivity index is 1.82. The van der Waals surface area contributed by atoms with E-state index in [4.69, 9.17) is 11.6 Å². The third-order valence-electron chi connectivity index (χ3n) is 4.72. The second-order valence-electron chi connectivity index (χ2n) is 6.99. The molecule has 0 heterocycles. The Morgan fingerprint density at radius 2 is 1.62 bits per heavy atom. The Labute approximate surface area is 189 Å². The Hall–Kier alpha value is -3.71. The van der Waals surface area contributed by atoms with Crippen molar-refractivity contribution in [1.82, 2.24) is 10.6 Å². The molecule has 164 valence electrons. The lowest BCUT2D eigenvalue weighted by Crippen LogP contribution is -2.45. The first-order valence-corrected chi connectivity index (χ1v) is 10.2. The van der Waals surface area contributed by atoms with Crippen LogP contribution in [0.2, 0.25) is 5.02 Å². The lowest BCUT2D eigenvalue weighted by molar-refractivity contribution is -0.118. The van der Waals surface area contributed by atoms with E-state index in [2.05, 4.69) is 16.0 Å². The standard InChI is InChI=1S/C24H21ClFN3O3/c1-27-23(31)19-14-18(11-12-20(19)26)28-24(32)21(13-15-5-3-2-4-6-15)29-22(30)16-7-9-17(25)10-8-16/h2-12,14,21H,13H2,1H3,(H,27,31)(H,28,32)(H,29,30). The molecule has 0 radical (unpaired) electrons. The fourth-order valence-corrected chi connectivity index (χ4v) is 3.17. The van der Waals surface area contributed by atoms with E-state index in [-0.39, 0.29) is 17.7 Å². The van der Waals surface area contributed by atoms with Crippen LogP contribution in [0.5, 0.6) is 0 Å². The van der Waals surface area contributed by atoms with Crippen molar-refractivity contribution in [2.75, 3.05) is 12.4 Å². The van der Waals surface area contributed by atoms with Crippen molar-refractivity contribution in [3.8, 4) is 0 Å². The predicted octanol–water partition coefficient (Wildman–Crippen LogP) is 3.82. The molecule has 3 amide bonds. The fraction of sp³-hybridized carbons (Fsp3) is 0.125. The van der Waals surface area contributed by atoms with Gasteiger partial charge in [-0.2, -0.15) is 0 Å². The van der Waals surface area contributed by atoms with Crippen molar-refractivity contribution >= 4 is 35.0 Å². The predicted molar refractivity (Wildman–Crippen MR) is 121 cm³/mol. The van der Waals surface area contributed by atoms with Gasteiger partial charge in [-0.15, -0.1) is 0 Å². The maximum Gasteiger partial charge on any atom is 0.254 e. The third kappa shape index (κ3) is 5.92. The second-order valence-corrected chi connectivity index (χ2v) is 7.42. The van der Waals surface area contributed by atoms with E-state index >= 15 is 0 Å². The average Bonchev–Trinajstić information content (AvgIpc) is 2.80. The Morgan fingerprint density at radius 1 is 0.938 bits per heavy atom. The summed E-state index contributed by atoms with van der Waals surface area (Å²) >= 11 is 5.88. The molecule has 1 unspecified atom stereocenters. The number of benzene rings is 3. The van der Waals surface area contributed by atoms with Crippen molar-refractivity contribution in [2.24, 2.45) is 0 Å². The van der Waals surface area contributed by atoms with Crippen LogP contribution < -0.4 is 16.0 Å². The van der Waals surface area contributed by atoms with Gasteiger partial charge in [0.1, 0.15) is 11.9 Å². The molecule has 3 N–H and O–H groups in total. The largest absolute Gasteiger partial charge is 0.355 e. The van der Waals surface area contributed by atoms with E-state index in [1.807, 2.05) is 30.3 Å². The van der Waals surface area contributed by atoms with Crippen LogP contribution in [0.4, 0.5) is 10.1 Å². The van der Waals surface area contributed by atoms with Crippen molar-refractivity contribution in [2.45, 2.75) is 12.5 Å². The number of carbonyl (C=O) groups excluding carboxylic acids is 3. The van der Waals surface area contributed by atoms with Crippen LogP contribution in [0.15, 0.2) is 72.8 Å². The molecule has 0 saturated heterocycles. The third-order valence-corrected chi connectivity index (χ3v) is 4.97. The van der Waals surface area contributed by atoms with Crippen LogP contribution in [0.3, 0.4) is 0 Å². The van der Waals surface area contributed by atoms with Crippen LogP contribution in [-0.2, 0) is 11.2 Å². The molecule has 0 fully saturated rings. The Morgan fingerprint density at radius 3 is 2.28 bits per heavy atom. The summed E-state index contributed by atoms with van der Waals surface area (Å²) in [5.41, 5.74) is 1.22. The first-order chi connectivity index (χ1) is 15.4. The molecule has 0 aliphatic heterocycles. The number of carbonyl (C=O) groups is 3. The minimum Gasteiger partial charge on any atom is -0.355 e. The number of nitrogens with one attached hydrogen (secondary N) is 3.